The van der Waals surface area contributed by atoms with Gasteiger partial charge in [0.25, 0.3) is 0 Å². The monoisotopic (exact) mass is 305 g/mol. The predicted molar refractivity (Wildman–Crippen MR) is 83.6 cm³/mol. The van der Waals surface area contributed by atoms with Crippen LogP contribution in [0.3, 0.4) is 0 Å². The van der Waals surface area contributed by atoms with Crippen molar-refractivity contribution in [2.24, 2.45) is 0 Å². The van der Waals surface area contributed by atoms with E-state index in [1.807, 2.05) is 41.8 Å². The van der Waals surface area contributed by atoms with Crippen LogP contribution >= 0.6 is 11.3 Å². The number of methoxy groups -OCH3 is 1. The van der Waals surface area contributed by atoms with Gasteiger partial charge in [0, 0.05) is 17.8 Å². The minimum Gasteiger partial charge on any atom is -0.497 e. The number of aliphatic hydroxyl groups is 1. The lowest BCUT2D eigenvalue weighted by Crippen LogP contribution is -2.28. The Morgan fingerprint density at radius 1 is 1.33 bits per heavy atom. The number of aryl methyl sites for hydroxylation is 1. The average molecular weight is 305 g/mol. The summed E-state index contributed by atoms with van der Waals surface area (Å²) in [5.74, 6) is 0.753. The van der Waals surface area contributed by atoms with E-state index in [1.54, 1.807) is 7.11 Å². The Hall–Kier alpha value is -1.85. The fourth-order valence-electron chi connectivity index (χ4n) is 1.93. The molecule has 1 amide bonds. The molecule has 2 N–H and O–H groups in total. The van der Waals surface area contributed by atoms with Crippen molar-refractivity contribution in [1.29, 1.82) is 0 Å². The van der Waals surface area contributed by atoms with E-state index in [1.165, 1.54) is 11.3 Å². The maximum absolute atomic E-state index is 11.8. The molecule has 1 heterocycles. The van der Waals surface area contributed by atoms with E-state index in [4.69, 9.17) is 4.74 Å². The summed E-state index contributed by atoms with van der Waals surface area (Å²) in [4.78, 5) is 12.6. The number of amides is 1. The van der Waals surface area contributed by atoms with Gasteiger partial charge in [-0.15, -0.1) is 11.3 Å². The molecule has 1 aromatic carbocycles. The van der Waals surface area contributed by atoms with Gasteiger partial charge < -0.3 is 15.2 Å². The quantitative estimate of drug-likeness (QED) is 0.826. The second-order valence-corrected chi connectivity index (χ2v) is 5.66. The Bertz CT molecular complexity index is 551. The number of rotatable bonds is 7. The maximum atomic E-state index is 11.8. The van der Waals surface area contributed by atoms with E-state index < -0.39 is 6.10 Å². The molecule has 1 aromatic heterocycles. The lowest BCUT2D eigenvalue weighted by molar-refractivity contribution is -0.121. The molecule has 0 fully saturated rings. The number of hydrogen-bond donors (Lipinski definition) is 2. The van der Waals surface area contributed by atoms with Crippen LogP contribution in [0.1, 0.15) is 23.0 Å². The standard InChI is InChI=1S/C16H19NO3S/c1-20-13-7-4-12(5-8-13)6-9-16(19)17-11-14(18)15-3-2-10-21-15/h2-5,7-8,10,14,18H,6,9,11H2,1H3,(H,17,19)/t14-/m1/s1. The molecule has 0 aliphatic heterocycles. The molecule has 2 rings (SSSR count). The van der Waals surface area contributed by atoms with Gasteiger partial charge in [-0.1, -0.05) is 18.2 Å². The lowest BCUT2D eigenvalue weighted by atomic mass is 10.1. The van der Waals surface area contributed by atoms with Gasteiger partial charge in [0.05, 0.1) is 7.11 Å². The zero-order valence-corrected chi connectivity index (χ0v) is 12.7. The van der Waals surface area contributed by atoms with Crippen LogP contribution in [-0.2, 0) is 11.2 Å². The second-order valence-electron chi connectivity index (χ2n) is 4.68. The van der Waals surface area contributed by atoms with Crippen LogP contribution in [0.2, 0.25) is 0 Å². The summed E-state index contributed by atoms with van der Waals surface area (Å²) >= 11 is 1.48. The number of benzene rings is 1. The molecule has 2 aromatic rings. The average Bonchev–Trinajstić information content (AvgIpc) is 3.05. The van der Waals surface area contributed by atoms with Crippen molar-refractivity contribution in [3.8, 4) is 5.75 Å². The molecule has 0 bridgehead atoms. The van der Waals surface area contributed by atoms with Gasteiger partial charge in [-0.05, 0) is 35.6 Å². The third-order valence-corrected chi connectivity index (χ3v) is 4.14. The van der Waals surface area contributed by atoms with Gasteiger partial charge in [0.1, 0.15) is 11.9 Å². The van der Waals surface area contributed by atoms with Gasteiger partial charge in [-0.2, -0.15) is 0 Å². The zero-order valence-electron chi connectivity index (χ0n) is 11.9. The number of carbonyl (C=O) groups excluding carboxylic acids is 1. The Kier molecular flexibility index (Phi) is 5.78. The molecule has 21 heavy (non-hydrogen) atoms. The zero-order chi connectivity index (χ0) is 15.1. The summed E-state index contributed by atoms with van der Waals surface area (Å²) in [5, 5.41) is 14.5. The highest BCUT2D eigenvalue weighted by molar-refractivity contribution is 7.10. The minimum absolute atomic E-state index is 0.0542. The van der Waals surface area contributed by atoms with Crippen LogP contribution in [0.4, 0.5) is 0 Å². The molecule has 1 atom stereocenters. The van der Waals surface area contributed by atoms with Gasteiger partial charge in [0.2, 0.25) is 5.91 Å². The molecule has 0 saturated carbocycles. The summed E-state index contributed by atoms with van der Waals surface area (Å²) in [6.07, 6.45) is 0.448. The summed E-state index contributed by atoms with van der Waals surface area (Å²) in [5.41, 5.74) is 1.09. The third kappa shape index (κ3) is 4.88. The molecule has 112 valence electrons. The van der Waals surface area contributed by atoms with Crippen molar-refractivity contribution in [1.82, 2.24) is 5.32 Å². The molecule has 4 nitrogen and oxygen atoms in total. The summed E-state index contributed by atoms with van der Waals surface area (Å²) in [6.45, 7) is 0.252. The molecule has 0 radical (unpaired) electrons. The van der Waals surface area contributed by atoms with Crippen LogP contribution in [-0.4, -0.2) is 24.7 Å². The van der Waals surface area contributed by atoms with Crippen molar-refractivity contribution in [3.63, 3.8) is 0 Å². The van der Waals surface area contributed by atoms with Crippen molar-refractivity contribution < 1.29 is 14.6 Å². The molecular weight excluding hydrogens is 286 g/mol. The Labute approximate surface area is 128 Å². The van der Waals surface area contributed by atoms with Crippen LogP contribution in [0.5, 0.6) is 5.75 Å². The number of hydrogen-bond acceptors (Lipinski definition) is 4. The first-order valence-corrected chi connectivity index (χ1v) is 7.68. The fourth-order valence-corrected chi connectivity index (χ4v) is 2.64. The first-order valence-electron chi connectivity index (χ1n) is 6.80. The van der Waals surface area contributed by atoms with Crippen LogP contribution in [0, 0.1) is 0 Å². The van der Waals surface area contributed by atoms with E-state index in [9.17, 15) is 9.90 Å². The van der Waals surface area contributed by atoms with Crippen molar-refractivity contribution in [2.45, 2.75) is 18.9 Å². The Morgan fingerprint density at radius 3 is 2.71 bits per heavy atom. The first-order chi connectivity index (χ1) is 10.2. The molecule has 5 heteroatoms. The molecule has 0 aliphatic rings. The van der Waals surface area contributed by atoms with E-state index in [-0.39, 0.29) is 12.5 Å². The maximum Gasteiger partial charge on any atom is 0.220 e. The summed E-state index contributed by atoms with van der Waals surface area (Å²) < 4.78 is 5.09. The van der Waals surface area contributed by atoms with E-state index in [2.05, 4.69) is 5.32 Å². The van der Waals surface area contributed by atoms with Gasteiger partial charge >= 0.3 is 0 Å². The topological polar surface area (TPSA) is 58.6 Å². The van der Waals surface area contributed by atoms with E-state index >= 15 is 0 Å². The smallest absolute Gasteiger partial charge is 0.220 e. The highest BCUT2D eigenvalue weighted by Crippen LogP contribution is 2.17. The second kappa shape index (κ2) is 7.81. The molecule has 0 saturated heterocycles. The van der Waals surface area contributed by atoms with Gasteiger partial charge in [0.15, 0.2) is 0 Å². The highest BCUT2D eigenvalue weighted by atomic mass is 32.1. The summed E-state index contributed by atoms with van der Waals surface area (Å²) in [7, 11) is 1.63. The number of aliphatic hydroxyl groups excluding tert-OH is 1. The molecule has 0 unspecified atom stereocenters. The molecule has 0 aliphatic carbocycles. The SMILES string of the molecule is COc1ccc(CCC(=O)NC[C@@H](O)c2cccs2)cc1. The van der Waals surface area contributed by atoms with Crippen molar-refractivity contribution in [2.75, 3.05) is 13.7 Å². The highest BCUT2D eigenvalue weighted by Gasteiger charge is 2.10. The van der Waals surface area contributed by atoms with E-state index in [0.29, 0.717) is 12.8 Å². The normalized spacial score (nSPS) is 11.9. The largest absolute Gasteiger partial charge is 0.497 e. The third-order valence-electron chi connectivity index (χ3n) is 3.16. The van der Waals surface area contributed by atoms with Crippen LogP contribution in [0.15, 0.2) is 41.8 Å². The van der Waals surface area contributed by atoms with Gasteiger partial charge in [-0.3, -0.25) is 4.79 Å². The first kappa shape index (κ1) is 15.5. The fraction of sp³-hybridized carbons (Fsp3) is 0.312. The number of thiophene rings is 1. The van der Waals surface area contributed by atoms with E-state index in [0.717, 1.165) is 16.2 Å². The van der Waals surface area contributed by atoms with Crippen molar-refractivity contribution >= 4 is 17.2 Å². The Morgan fingerprint density at radius 2 is 2.10 bits per heavy atom. The lowest BCUT2D eigenvalue weighted by Gasteiger charge is -2.10. The van der Waals surface area contributed by atoms with Gasteiger partial charge in [-0.25, -0.2) is 0 Å². The molecular formula is C16H19NO3S. The van der Waals surface area contributed by atoms with Crippen molar-refractivity contribution in [3.05, 3.63) is 52.2 Å². The van der Waals surface area contributed by atoms with Crippen LogP contribution < -0.4 is 10.1 Å². The number of carbonyl (C=O) groups is 1. The number of nitrogens with one attached hydrogen (secondary N) is 1. The Balaban J connectivity index is 1.71. The predicted octanol–water partition coefficient (Wildman–Crippen LogP) is 2.54. The summed E-state index contributed by atoms with van der Waals surface area (Å²) in [6, 6.07) is 11.4. The van der Waals surface area contributed by atoms with Crippen LogP contribution in [0.25, 0.3) is 0 Å². The molecule has 0 spiro atoms. The number of ether oxygens (including phenoxy) is 1. The minimum atomic E-state index is -0.630.